The Kier molecular flexibility index (Phi) is 10.8. The summed E-state index contributed by atoms with van der Waals surface area (Å²) in [6.45, 7) is 1.07. The Morgan fingerprint density at radius 3 is 2.40 bits per heavy atom. The van der Waals surface area contributed by atoms with Crippen molar-refractivity contribution in [2.45, 2.75) is 12.8 Å². The zero-order valence-corrected chi connectivity index (χ0v) is 10.2. The summed E-state index contributed by atoms with van der Waals surface area (Å²) in [4.78, 5) is 23.7. The fourth-order valence-electron chi connectivity index (χ4n) is 0.909. The third-order valence-electron chi connectivity index (χ3n) is 1.89. The number of nitrogens with zero attached hydrogens (tertiary/aromatic N) is 1. The molecule has 0 heterocycles. The van der Waals surface area contributed by atoms with Crippen LogP contribution in [0.3, 0.4) is 0 Å². The molecule has 0 atom stereocenters. The van der Waals surface area contributed by atoms with E-state index >= 15 is 0 Å². The quantitative estimate of drug-likeness (QED) is 0.664. The molecule has 0 aromatic heterocycles. The summed E-state index contributed by atoms with van der Waals surface area (Å²) in [6, 6.07) is 0. The summed E-state index contributed by atoms with van der Waals surface area (Å²) in [6.07, 6.45) is 0.701. The average Bonchev–Trinajstić information content (AvgIpc) is 2.21. The van der Waals surface area contributed by atoms with Gasteiger partial charge < -0.3 is 15.0 Å². The number of halogens is 1. The second kappa shape index (κ2) is 9.73. The summed E-state index contributed by atoms with van der Waals surface area (Å²) in [5.41, 5.74) is 0. The summed E-state index contributed by atoms with van der Waals surface area (Å²) >= 11 is 0. The number of hydrogen-bond donors (Lipinski definition) is 1. The summed E-state index contributed by atoms with van der Waals surface area (Å²) in [5, 5.41) is 2.89. The van der Waals surface area contributed by atoms with Crippen molar-refractivity contribution in [1.82, 2.24) is 10.2 Å². The van der Waals surface area contributed by atoms with Crippen LogP contribution in [0.25, 0.3) is 0 Å². The molecule has 0 saturated heterocycles. The van der Waals surface area contributed by atoms with Crippen molar-refractivity contribution >= 4 is 24.3 Å². The minimum Gasteiger partial charge on any atom is -0.469 e. The molecule has 1 amide bonds. The van der Waals surface area contributed by atoms with Gasteiger partial charge in [-0.25, -0.2) is 0 Å². The molecule has 0 aliphatic heterocycles. The van der Waals surface area contributed by atoms with Crippen molar-refractivity contribution in [2.24, 2.45) is 0 Å². The zero-order valence-electron chi connectivity index (χ0n) is 9.41. The second-order valence-electron chi connectivity index (χ2n) is 2.99. The van der Waals surface area contributed by atoms with E-state index in [1.807, 2.05) is 0 Å². The number of ether oxygens (including phenoxy) is 1. The van der Waals surface area contributed by atoms with Crippen LogP contribution in [0.5, 0.6) is 0 Å². The number of methoxy groups -OCH3 is 1. The predicted octanol–water partition coefficient (Wildman–Crippen LogP) is 0.0392. The molecule has 5 nitrogen and oxygen atoms in total. The SMILES string of the molecule is CNCCC(=O)N(C)CCC(=O)OC.Cl. The molecule has 90 valence electrons. The molecule has 0 radical (unpaired) electrons. The number of amides is 1. The van der Waals surface area contributed by atoms with Crippen molar-refractivity contribution < 1.29 is 14.3 Å². The van der Waals surface area contributed by atoms with Gasteiger partial charge in [0.2, 0.25) is 5.91 Å². The second-order valence-corrected chi connectivity index (χ2v) is 2.99. The molecule has 0 fully saturated rings. The molecule has 0 aromatic carbocycles. The van der Waals surface area contributed by atoms with Crippen LogP contribution in [0, 0.1) is 0 Å². The van der Waals surface area contributed by atoms with Crippen LogP contribution < -0.4 is 5.32 Å². The lowest BCUT2D eigenvalue weighted by molar-refractivity contribution is -0.141. The minimum absolute atomic E-state index is 0. The first kappa shape index (κ1) is 16.6. The number of esters is 1. The minimum atomic E-state index is -0.293. The van der Waals surface area contributed by atoms with Gasteiger partial charge >= 0.3 is 5.97 Å². The molecular weight excluding hydrogens is 220 g/mol. The van der Waals surface area contributed by atoms with E-state index in [4.69, 9.17) is 0 Å². The lowest BCUT2D eigenvalue weighted by Crippen LogP contribution is -2.31. The number of carbonyl (C=O) groups excluding carboxylic acids is 2. The van der Waals surface area contributed by atoms with E-state index in [0.29, 0.717) is 19.5 Å². The number of nitrogens with one attached hydrogen (secondary N) is 1. The topological polar surface area (TPSA) is 58.6 Å². The van der Waals surface area contributed by atoms with Gasteiger partial charge in [-0.2, -0.15) is 0 Å². The predicted molar refractivity (Wildman–Crippen MR) is 60.1 cm³/mol. The van der Waals surface area contributed by atoms with Crippen LogP contribution in [0.4, 0.5) is 0 Å². The van der Waals surface area contributed by atoms with Crippen LogP contribution in [0.1, 0.15) is 12.8 Å². The highest BCUT2D eigenvalue weighted by atomic mass is 35.5. The average molecular weight is 239 g/mol. The highest BCUT2D eigenvalue weighted by Crippen LogP contribution is 1.93. The summed E-state index contributed by atoms with van der Waals surface area (Å²) < 4.78 is 4.47. The normalized spacial score (nSPS) is 9.00. The molecule has 0 saturated carbocycles. The Morgan fingerprint density at radius 2 is 1.93 bits per heavy atom. The molecule has 0 bridgehead atoms. The molecule has 0 unspecified atom stereocenters. The molecule has 0 aliphatic carbocycles. The van der Waals surface area contributed by atoms with Crippen LogP contribution in [0.2, 0.25) is 0 Å². The number of carbonyl (C=O) groups is 2. The Balaban J connectivity index is 0. The van der Waals surface area contributed by atoms with Crippen molar-refractivity contribution in [3.05, 3.63) is 0 Å². The fraction of sp³-hybridized carbons (Fsp3) is 0.778. The first-order chi connectivity index (χ1) is 6.61. The van der Waals surface area contributed by atoms with Gasteiger partial charge in [0.15, 0.2) is 0 Å². The van der Waals surface area contributed by atoms with Gasteiger partial charge in [-0.3, -0.25) is 9.59 Å². The van der Waals surface area contributed by atoms with Gasteiger partial charge in [-0.15, -0.1) is 12.4 Å². The van der Waals surface area contributed by atoms with Gasteiger partial charge in [-0.05, 0) is 7.05 Å². The standard InChI is InChI=1S/C9H18N2O3.ClH/c1-10-6-4-8(12)11(2)7-5-9(13)14-3;/h10H,4-7H2,1-3H3;1H. The van der Waals surface area contributed by atoms with Crippen molar-refractivity contribution in [1.29, 1.82) is 0 Å². The van der Waals surface area contributed by atoms with Crippen LogP contribution in [0.15, 0.2) is 0 Å². The summed E-state index contributed by atoms with van der Waals surface area (Å²) in [5.74, 6) is -0.262. The van der Waals surface area contributed by atoms with E-state index in [0.717, 1.165) is 0 Å². The highest BCUT2D eigenvalue weighted by molar-refractivity contribution is 5.85. The maximum Gasteiger partial charge on any atom is 0.307 e. The van der Waals surface area contributed by atoms with Gasteiger partial charge in [0.05, 0.1) is 13.5 Å². The van der Waals surface area contributed by atoms with E-state index < -0.39 is 0 Å². The third kappa shape index (κ3) is 8.20. The van der Waals surface area contributed by atoms with Gasteiger partial charge in [0.1, 0.15) is 0 Å². The summed E-state index contributed by atoms with van der Waals surface area (Å²) in [7, 11) is 4.81. The van der Waals surface area contributed by atoms with Crippen molar-refractivity contribution in [3.8, 4) is 0 Å². The molecule has 1 N–H and O–H groups in total. The number of hydrogen-bond acceptors (Lipinski definition) is 4. The molecule has 6 heteroatoms. The third-order valence-corrected chi connectivity index (χ3v) is 1.89. The van der Waals surface area contributed by atoms with Crippen LogP contribution >= 0.6 is 12.4 Å². The lowest BCUT2D eigenvalue weighted by atomic mass is 10.3. The Hall–Kier alpha value is -0.810. The van der Waals surface area contributed by atoms with E-state index in [1.54, 1.807) is 14.1 Å². The van der Waals surface area contributed by atoms with Gasteiger partial charge in [0, 0.05) is 26.6 Å². The molecule has 0 spiro atoms. The van der Waals surface area contributed by atoms with Crippen LogP contribution in [-0.4, -0.2) is 51.1 Å². The van der Waals surface area contributed by atoms with E-state index in [1.165, 1.54) is 12.0 Å². The molecular formula is C9H19ClN2O3. The number of rotatable bonds is 6. The van der Waals surface area contributed by atoms with Gasteiger partial charge in [0.25, 0.3) is 0 Å². The molecule has 0 aliphatic rings. The first-order valence-corrected chi connectivity index (χ1v) is 4.57. The monoisotopic (exact) mass is 238 g/mol. The van der Waals surface area contributed by atoms with Crippen molar-refractivity contribution in [3.63, 3.8) is 0 Å². The van der Waals surface area contributed by atoms with Gasteiger partial charge in [-0.1, -0.05) is 0 Å². The maximum atomic E-state index is 11.3. The molecule has 0 rings (SSSR count). The smallest absolute Gasteiger partial charge is 0.307 e. The highest BCUT2D eigenvalue weighted by Gasteiger charge is 2.09. The zero-order chi connectivity index (χ0) is 11.0. The maximum absolute atomic E-state index is 11.3. The molecule has 0 aromatic rings. The fourth-order valence-corrected chi connectivity index (χ4v) is 0.909. The van der Waals surface area contributed by atoms with E-state index in [2.05, 4.69) is 10.1 Å². The van der Waals surface area contributed by atoms with E-state index in [-0.39, 0.29) is 30.7 Å². The Morgan fingerprint density at radius 1 is 1.33 bits per heavy atom. The first-order valence-electron chi connectivity index (χ1n) is 4.57. The van der Waals surface area contributed by atoms with Crippen molar-refractivity contribution in [2.75, 3.05) is 34.3 Å². The molecule has 15 heavy (non-hydrogen) atoms. The van der Waals surface area contributed by atoms with Crippen LogP contribution in [-0.2, 0) is 14.3 Å². The largest absolute Gasteiger partial charge is 0.469 e. The lowest BCUT2D eigenvalue weighted by Gasteiger charge is -2.16. The Labute approximate surface area is 96.6 Å². The Bertz CT molecular complexity index is 200. The van der Waals surface area contributed by atoms with E-state index in [9.17, 15) is 9.59 Å².